The van der Waals surface area contributed by atoms with Crippen LogP contribution in [0.1, 0.15) is 0 Å². The number of nitrogen functional groups attached to an aromatic ring is 1. The van der Waals surface area contributed by atoms with Gasteiger partial charge in [0, 0.05) is 17.1 Å². The number of aromatic nitrogens is 3. The maximum atomic E-state index is 5.57. The van der Waals surface area contributed by atoms with E-state index in [9.17, 15) is 0 Å². The Balaban J connectivity index is 2.00. The van der Waals surface area contributed by atoms with E-state index in [0.717, 1.165) is 22.0 Å². The minimum atomic E-state index is 0.268. The number of nitrogens with two attached hydrogens (primary N) is 1. The smallest absolute Gasteiger partial charge is 0.220 e. The van der Waals surface area contributed by atoms with E-state index >= 15 is 0 Å². The Kier molecular flexibility index (Phi) is 2.74. The van der Waals surface area contributed by atoms with Crippen molar-refractivity contribution in [3.8, 4) is 22.0 Å². The Bertz CT molecular complexity index is 664. The maximum absolute atomic E-state index is 5.57. The van der Waals surface area contributed by atoms with E-state index in [1.165, 1.54) is 0 Å². The zero-order chi connectivity index (χ0) is 12.4. The fraction of sp³-hybridized carbons (Fsp3) is 0. The van der Waals surface area contributed by atoms with Crippen molar-refractivity contribution in [1.29, 1.82) is 0 Å². The van der Waals surface area contributed by atoms with Crippen LogP contribution >= 0.6 is 11.3 Å². The van der Waals surface area contributed by atoms with E-state index in [1.54, 1.807) is 17.5 Å². The molecule has 0 spiro atoms. The lowest BCUT2D eigenvalue weighted by molar-refractivity contribution is 1.18. The van der Waals surface area contributed by atoms with Crippen LogP contribution in [0.2, 0.25) is 0 Å². The molecule has 2 N–H and O–H groups in total. The first-order valence-electron chi connectivity index (χ1n) is 5.43. The van der Waals surface area contributed by atoms with Crippen LogP contribution in [-0.2, 0) is 0 Å². The lowest BCUT2D eigenvalue weighted by atomic mass is 10.2. The van der Waals surface area contributed by atoms with Crippen LogP contribution in [0, 0.1) is 0 Å². The van der Waals surface area contributed by atoms with Crippen LogP contribution in [0.5, 0.6) is 0 Å². The molecule has 1 aromatic carbocycles. The van der Waals surface area contributed by atoms with Crippen LogP contribution < -0.4 is 5.73 Å². The monoisotopic (exact) mass is 254 g/mol. The zero-order valence-electron chi connectivity index (χ0n) is 9.45. The van der Waals surface area contributed by atoms with Crippen LogP contribution in [0.15, 0.2) is 48.0 Å². The molecule has 0 radical (unpaired) electrons. The van der Waals surface area contributed by atoms with Gasteiger partial charge in [-0.1, -0.05) is 30.3 Å². The highest BCUT2D eigenvalue weighted by Crippen LogP contribution is 2.27. The second-order valence-electron chi connectivity index (χ2n) is 3.70. The van der Waals surface area contributed by atoms with Gasteiger partial charge in [0.05, 0.1) is 5.69 Å². The summed E-state index contributed by atoms with van der Waals surface area (Å²) in [6.07, 6.45) is 1.64. The summed E-state index contributed by atoms with van der Waals surface area (Å²) >= 11 is 1.55. The lowest BCUT2D eigenvalue weighted by Crippen LogP contribution is -1.94. The number of hydrogen-bond acceptors (Lipinski definition) is 5. The normalized spacial score (nSPS) is 10.4. The number of nitrogens with zero attached hydrogens (tertiary/aromatic N) is 3. The topological polar surface area (TPSA) is 64.7 Å². The number of hydrogen-bond donors (Lipinski definition) is 1. The minimum absolute atomic E-state index is 0.268. The number of thiazole rings is 1. The molecule has 0 aliphatic carbocycles. The molecule has 0 saturated carbocycles. The highest BCUT2D eigenvalue weighted by molar-refractivity contribution is 7.13. The van der Waals surface area contributed by atoms with E-state index < -0.39 is 0 Å². The molecule has 0 bridgehead atoms. The molecular formula is C13H10N4S. The molecule has 2 heterocycles. The van der Waals surface area contributed by atoms with Crippen LogP contribution in [0.25, 0.3) is 22.0 Å². The highest BCUT2D eigenvalue weighted by Gasteiger charge is 2.07. The first-order valence-corrected chi connectivity index (χ1v) is 6.31. The predicted octanol–water partition coefficient (Wildman–Crippen LogP) is 2.85. The van der Waals surface area contributed by atoms with Gasteiger partial charge in [0.2, 0.25) is 5.95 Å². The van der Waals surface area contributed by atoms with Gasteiger partial charge in [-0.25, -0.2) is 15.0 Å². The average molecular weight is 254 g/mol. The fourth-order valence-corrected chi connectivity index (χ4v) is 2.42. The standard InChI is InChI=1S/C13H10N4S/c14-13-15-7-6-10(17-13)12-16-11(8-18-12)9-4-2-1-3-5-9/h1-8H,(H2,14,15,17). The molecule has 0 aliphatic rings. The SMILES string of the molecule is Nc1nccc(-c2nc(-c3ccccc3)cs2)n1. The van der Waals surface area contributed by atoms with Gasteiger partial charge in [0.15, 0.2) is 0 Å². The molecule has 18 heavy (non-hydrogen) atoms. The Hall–Kier alpha value is -2.27. The molecule has 3 aromatic rings. The van der Waals surface area contributed by atoms with Gasteiger partial charge >= 0.3 is 0 Å². The maximum Gasteiger partial charge on any atom is 0.220 e. The molecular weight excluding hydrogens is 244 g/mol. The average Bonchev–Trinajstić information content (AvgIpc) is 2.89. The summed E-state index contributed by atoms with van der Waals surface area (Å²) in [7, 11) is 0. The van der Waals surface area contributed by atoms with Crippen molar-refractivity contribution in [1.82, 2.24) is 15.0 Å². The van der Waals surface area contributed by atoms with Gasteiger partial charge in [0.1, 0.15) is 10.7 Å². The van der Waals surface area contributed by atoms with Crippen LogP contribution in [0.3, 0.4) is 0 Å². The second-order valence-corrected chi connectivity index (χ2v) is 4.56. The van der Waals surface area contributed by atoms with Gasteiger partial charge in [0.25, 0.3) is 0 Å². The Morgan fingerprint density at radius 3 is 2.56 bits per heavy atom. The Morgan fingerprint density at radius 2 is 1.78 bits per heavy atom. The summed E-state index contributed by atoms with van der Waals surface area (Å²) in [6.45, 7) is 0. The van der Waals surface area contributed by atoms with E-state index in [-0.39, 0.29) is 5.95 Å². The van der Waals surface area contributed by atoms with Crippen molar-refractivity contribution in [2.75, 3.05) is 5.73 Å². The number of anilines is 1. The third kappa shape index (κ3) is 2.08. The Labute approximate surface area is 108 Å². The molecule has 4 nitrogen and oxygen atoms in total. The summed E-state index contributed by atoms with van der Waals surface area (Å²) < 4.78 is 0. The molecule has 0 aliphatic heterocycles. The summed E-state index contributed by atoms with van der Waals surface area (Å²) in [5.74, 6) is 0.268. The van der Waals surface area contributed by atoms with E-state index in [2.05, 4.69) is 15.0 Å². The molecule has 2 aromatic heterocycles. The third-order valence-electron chi connectivity index (χ3n) is 2.47. The van der Waals surface area contributed by atoms with Gasteiger partial charge in [-0.3, -0.25) is 0 Å². The van der Waals surface area contributed by atoms with Crippen molar-refractivity contribution >= 4 is 17.3 Å². The van der Waals surface area contributed by atoms with Crippen molar-refractivity contribution in [2.45, 2.75) is 0 Å². The van der Waals surface area contributed by atoms with Crippen LogP contribution in [0.4, 0.5) is 5.95 Å². The first kappa shape index (κ1) is 10.9. The predicted molar refractivity (Wildman–Crippen MR) is 73.0 cm³/mol. The van der Waals surface area contributed by atoms with E-state index in [1.807, 2.05) is 41.8 Å². The van der Waals surface area contributed by atoms with E-state index in [4.69, 9.17) is 5.73 Å². The summed E-state index contributed by atoms with van der Waals surface area (Å²) in [6, 6.07) is 11.9. The van der Waals surface area contributed by atoms with Crippen molar-refractivity contribution < 1.29 is 0 Å². The van der Waals surface area contributed by atoms with Crippen molar-refractivity contribution in [2.24, 2.45) is 0 Å². The van der Waals surface area contributed by atoms with E-state index in [0.29, 0.717) is 0 Å². The summed E-state index contributed by atoms with van der Waals surface area (Å²) in [5, 5.41) is 2.87. The largest absolute Gasteiger partial charge is 0.368 e. The van der Waals surface area contributed by atoms with Gasteiger partial charge in [-0.05, 0) is 6.07 Å². The number of rotatable bonds is 2. The molecule has 0 atom stereocenters. The number of benzene rings is 1. The highest BCUT2D eigenvalue weighted by atomic mass is 32.1. The molecule has 3 rings (SSSR count). The summed E-state index contributed by atoms with van der Waals surface area (Å²) in [5.41, 5.74) is 8.38. The molecule has 0 saturated heterocycles. The lowest BCUT2D eigenvalue weighted by Gasteiger charge is -1.96. The van der Waals surface area contributed by atoms with Gasteiger partial charge in [-0.2, -0.15) is 0 Å². The summed E-state index contributed by atoms with van der Waals surface area (Å²) in [4.78, 5) is 12.6. The van der Waals surface area contributed by atoms with Gasteiger partial charge in [-0.15, -0.1) is 11.3 Å². The molecule has 0 fully saturated rings. The molecule has 5 heteroatoms. The molecule has 88 valence electrons. The first-order chi connectivity index (χ1) is 8.83. The van der Waals surface area contributed by atoms with Gasteiger partial charge < -0.3 is 5.73 Å². The second kappa shape index (κ2) is 4.54. The quantitative estimate of drug-likeness (QED) is 0.763. The molecule has 0 amide bonds. The Morgan fingerprint density at radius 1 is 0.944 bits per heavy atom. The minimum Gasteiger partial charge on any atom is -0.368 e. The van der Waals surface area contributed by atoms with Crippen molar-refractivity contribution in [3.05, 3.63) is 48.0 Å². The molecule has 0 unspecified atom stereocenters. The zero-order valence-corrected chi connectivity index (χ0v) is 10.3. The third-order valence-corrected chi connectivity index (χ3v) is 3.33. The van der Waals surface area contributed by atoms with Crippen LogP contribution in [-0.4, -0.2) is 15.0 Å². The fourth-order valence-electron chi connectivity index (χ4n) is 1.63. The van der Waals surface area contributed by atoms with Crippen molar-refractivity contribution in [3.63, 3.8) is 0 Å².